The van der Waals surface area contributed by atoms with Gasteiger partial charge in [-0.1, -0.05) is 30.3 Å². The Balaban J connectivity index is 1.41. The summed E-state index contributed by atoms with van der Waals surface area (Å²) in [7, 11) is 0. The molecule has 20 heavy (non-hydrogen) atoms. The molecule has 0 radical (unpaired) electrons. The van der Waals surface area contributed by atoms with Gasteiger partial charge in [-0.15, -0.1) is 0 Å². The summed E-state index contributed by atoms with van der Waals surface area (Å²) < 4.78 is 0. The minimum atomic E-state index is 0.260. The molecule has 0 atom stereocenters. The smallest absolute Gasteiger partial charge is 0.228 e. The Morgan fingerprint density at radius 2 is 1.85 bits per heavy atom. The lowest BCUT2D eigenvalue weighted by Crippen LogP contribution is -2.53. The highest BCUT2D eigenvalue weighted by Gasteiger charge is 2.31. The summed E-state index contributed by atoms with van der Waals surface area (Å²) in [4.78, 5) is 14.2. The molecule has 2 aliphatic heterocycles. The van der Waals surface area contributed by atoms with E-state index in [0.29, 0.717) is 5.91 Å². The van der Waals surface area contributed by atoms with Gasteiger partial charge < -0.3 is 10.2 Å². The van der Waals surface area contributed by atoms with Crippen LogP contribution in [0.15, 0.2) is 30.3 Å². The number of likely N-dealkylation sites (tertiary alicyclic amines) is 1. The van der Waals surface area contributed by atoms with Gasteiger partial charge in [0.05, 0.1) is 5.92 Å². The van der Waals surface area contributed by atoms with Gasteiger partial charge >= 0.3 is 0 Å². The van der Waals surface area contributed by atoms with Gasteiger partial charge in [0.2, 0.25) is 5.91 Å². The largest absolute Gasteiger partial charge is 0.342 e. The van der Waals surface area contributed by atoms with Crippen molar-refractivity contribution in [2.24, 2.45) is 11.8 Å². The van der Waals surface area contributed by atoms with Gasteiger partial charge in [0.25, 0.3) is 0 Å². The van der Waals surface area contributed by atoms with Gasteiger partial charge in [0.1, 0.15) is 0 Å². The zero-order valence-corrected chi connectivity index (χ0v) is 12.1. The van der Waals surface area contributed by atoms with E-state index in [2.05, 4.69) is 40.5 Å². The van der Waals surface area contributed by atoms with Crippen LogP contribution < -0.4 is 5.32 Å². The number of aryl methyl sites for hydroxylation is 1. The van der Waals surface area contributed by atoms with Crippen LogP contribution in [-0.2, 0) is 11.2 Å². The summed E-state index contributed by atoms with van der Waals surface area (Å²) in [5.74, 6) is 1.43. The number of rotatable bonds is 4. The first kappa shape index (κ1) is 13.6. The highest BCUT2D eigenvalue weighted by Crippen LogP contribution is 2.24. The maximum Gasteiger partial charge on any atom is 0.228 e. The van der Waals surface area contributed by atoms with Crippen molar-refractivity contribution in [1.82, 2.24) is 10.2 Å². The van der Waals surface area contributed by atoms with E-state index in [1.54, 1.807) is 0 Å². The van der Waals surface area contributed by atoms with Crippen molar-refractivity contribution in [2.45, 2.75) is 25.7 Å². The Morgan fingerprint density at radius 3 is 2.45 bits per heavy atom. The van der Waals surface area contributed by atoms with Gasteiger partial charge in [-0.25, -0.2) is 0 Å². The minimum Gasteiger partial charge on any atom is -0.342 e. The van der Waals surface area contributed by atoms with E-state index in [0.717, 1.165) is 32.1 Å². The standard InChI is InChI=1S/C17H24N2O/c20-17(16-12-18-13-16)19-10-8-15(9-11-19)7-6-14-4-2-1-3-5-14/h1-5,15-16,18H,6-13H2. The molecule has 0 aliphatic carbocycles. The summed E-state index contributed by atoms with van der Waals surface area (Å²) in [6, 6.07) is 10.7. The van der Waals surface area contributed by atoms with Gasteiger partial charge in [-0.2, -0.15) is 0 Å². The van der Waals surface area contributed by atoms with Crippen LogP contribution in [0, 0.1) is 11.8 Å². The van der Waals surface area contributed by atoms with Crippen LogP contribution in [0.25, 0.3) is 0 Å². The summed E-state index contributed by atoms with van der Waals surface area (Å²) >= 11 is 0. The number of amides is 1. The lowest BCUT2D eigenvalue weighted by Gasteiger charge is -2.37. The predicted octanol–water partition coefficient (Wildman–Crippen LogP) is 2.08. The average Bonchev–Trinajstić information content (AvgIpc) is 2.45. The van der Waals surface area contributed by atoms with Crippen molar-refractivity contribution in [1.29, 1.82) is 0 Å². The van der Waals surface area contributed by atoms with Crippen molar-refractivity contribution >= 4 is 5.91 Å². The molecule has 3 heteroatoms. The van der Waals surface area contributed by atoms with Gasteiger partial charge in [-0.3, -0.25) is 4.79 Å². The monoisotopic (exact) mass is 272 g/mol. The molecule has 2 heterocycles. The van der Waals surface area contributed by atoms with Gasteiger partial charge in [-0.05, 0) is 37.2 Å². The fourth-order valence-corrected chi connectivity index (χ4v) is 3.18. The molecule has 1 aromatic rings. The fourth-order valence-electron chi connectivity index (χ4n) is 3.18. The highest BCUT2D eigenvalue weighted by molar-refractivity contribution is 5.80. The van der Waals surface area contributed by atoms with Crippen LogP contribution in [0.5, 0.6) is 0 Å². The van der Waals surface area contributed by atoms with Crippen LogP contribution >= 0.6 is 0 Å². The number of piperidine rings is 1. The normalized spacial score (nSPS) is 20.7. The van der Waals surface area contributed by atoms with Crippen molar-refractivity contribution in [2.75, 3.05) is 26.2 Å². The van der Waals surface area contributed by atoms with Crippen molar-refractivity contribution in [3.05, 3.63) is 35.9 Å². The van der Waals surface area contributed by atoms with E-state index in [9.17, 15) is 4.79 Å². The summed E-state index contributed by atoms with van der Waals surface area (Å²) in [5.41, 5.74) is 1.44. The number of hydrogen-bond donors (Lipinski definition) is 1. The molecule has 108 valence electrons. The maximum absolute atomic E-state index is 12.2. The van der Waals surface area contributed by atoms with E-state index in [4.69, 9.17) is 0 Å². The Bertz CT molecular complexity index is 434. The Morgan fingerprint density at radius 1 is 1.15 bits per heavy atom. The lowest BCUT2D eigenvalue weighted by atomic mass is 9.89. The minimum absolute atomic E-state index is 0.260. The lowest BCUT2D eigenvalue weighted by molar-refractivity contribution is -0.138. The molecular formula is C17H24N2O. The van der Waals surface area contributed by atoms with Gasteiger partial charge in [0.15, 0.2) is 0 Å². The first-order valence-electron chi connectivity index (χ1n) is 7.86. The Hall–Kier alpha value is -1.35. The third-order valence-corrected chi connectivity index (χ3v) is 4.74. The third-order valence-electron chi connectivity index (χ3n) is 4.74. The molecule has 2 fully saturated rings. The summed E-state index contributed by atoms with van der Waals surface area (Å²) in [5, 5.41) is 3.18. The number of benzene rings is 1. The van der Waals surface area contributed by atoms with Crippen LogP contribution in [0.2, 0.25) is 0 Å². The van der Waals surface area contributed by atoms with E-state index in [1.165, 1.54) is 31.2 Å². The van der Waals surface area contributed by atoms with E-state index in [1.807, 2.05) is 0 Å². The third kappa shape index (κ3) is 3.21. The Labute approximate surface area is 121 Å². The Kier molecular flexibility index (Phi) is 4.36. The fraction of sp³-hybridized carbons (Fsp3) is 0.588. The quantitative estimate of drug-likeness (QED) is 0.910. The molecule has 0 bridgehead atoms. The number of nitrogens with zero attached hydrogens (tertiary/aromatic N) is 1. The molecule has 2 saturated heterocycles. The van der Waals surface area contributed by atoms with E-state index < -0.39 is 0 Å². The predicted molar refractivity (Wildman–Crippen MR) is 80.4 cm³/mol. The number of nitrogens with one attached hydrogen (secondary N) is 1. The first-order chi connectivity index (χ1) is 9.83. The van der Waals surface area contributed by atoms with Crippen molar-refractivity contribution in [3.8, 4) is 0 Å². The van der Waals surface area contributed by atoms with E-state index in [-0.39, 0.29) is 5.92 Å². The van der Waals surface area contributed by atoms with Crippen molar-refractivity contribution in [3.63, 3.8) is 0 Å². The van der Waals surface area contributed by atoms with Crippen LogP contribution in [0.1, 0.15) is 24.8 Å². The first-order valence-corrected chi connectivity index (χ1v) is 7.86. The molecule has 1 aromatic carbocycles. The summed E-state index contributed by atoms with van der Waals surface area (Å²) in [6.07, 6.45) is 4.79. The molecule has 2 aliphatic rings. The van der Waals surface area contributed by atoms with Crippen LogP contribution in [0.3, 0.4) is 0 Å². The zero-order valence-electron chi connectivity index (χ0n) is 12.1. The maximum atomic E-state index is 12.2. The molecule has 0 aromatic heterocycles. The molecule has 3 nitrogen and oxygen atoms in total. The zero-order chi connectivity index (χ0) is 13.8. The number of hydrogen-bond acceptors (Lipinski definition) is 2. The SMILES string of the molecule is O=C(C1CNC1)N1CCC(CCc2ccccc2)CC1. The van der Waals surface area contributed by atoms with Crippen molar-refractivity contribution < 1.29 is 4.79 Å². The summed E-state index contributed by atoms with van der Waals surface area (Å²) in [6.45, 7) is 3.70. The molecule has 0 saturated carbocycles. The number of carbonyl (C=O) groups excluding carboxylic acids is 1. The highest BCUT2D eigenvalue weighted by atomic mass is 16.2. The van der Waals surface area contributed by atoms with Crippen LogP contribution in [-0.4, -0.2) is 37.0 Å². The number of carbonyl (C=O) groups is 1. The molecule has 0 spiro atoms. The second kappa shape index (κ2) is 6.40. The molecule has 0 unspecified atom stereocenters. The second-order valence-electron chi connectivity index (χ2n) is 6.15. The average molecular weight is 272 g/mol. The molecular weight excluding hydrogens is 248 g/mol. The van der Waals surface area contributed by atoms with E-state index >= 15 is 0 Å². The molecule has 1 N–H and O–H groups in total. The second-order valence-corrected chi connectivity index (χ2v) is 6.15. The topological polar surface area (TPSA) is 32.3 Å². The van der Waals surface area contributed by atoms with Crippen LogP contribution in [0.4, 0.5) is 0 Å². The molecule has 3 rings (SSSR count). The van der Waals surface area contributed by atoms with Gasteiger partial charge in [0, 0.05) is 26.2 Å². The molecule has 1 amide bonds.